The maximum atomic E-state index is 11.9. The van der Waals surface area contributed by atoms with Gasteiger partial charge in [0.25, 0.3) is 0 Å². The van der Waals surface area contributed by atoms with Crippen molar-refractivity contribution in [1.29, 1.82) is 0 Å². The van der Waals surface area contributed by atoms with Gasteiger partial charge in [0.1, 0.15) is 18.3 Å². The third kappa shape index (κ3) is 3.46. The number of hydrogen-bond donors (Lipinski definition) is 4. The fraction of sp³-hybridized carbons (Fsp3) is 0.833. The van der Waals surface area contributed by atoms with Crippen LogP contribution in [0.3, 0.4) is 0 Å². The molecule has 1 saturated heterocycles. The lowest BCUT2D eigenvalue weighted by atomic mass is 9.52. The number of ketones is 1. The first-order chi connectivity index (χ1) is 15.2. The number of hydrogen-bond acceptors (Lipinski definition) is 7. The van der Waals surface area contributed by atoms with Gasteiger partial charge in [-0.05, 0) is 80.1 Å². The maximum absolute atomic E-state index is 11.9. The molecule has 8 nitrogen and oxygen atoms in total. The highest BCUT2D eigenvalue weighted by molar-refractivity contribution is 5.91. The molecule has 0 bridgehead atoms. The number of carbonyl (C=O) groups is 2. The quantitative estimate of drug-likeness (QED) is 0.507. The Labute approximate surface area is 187 Å². The van der Waals surface area contributed by atoms with Gasteiger partial charge in [-0.2, -0.15) is 0 Å². The van der Waals surface area contributed by atoms with Crippen molar-refractivity contribution in [3.05, 3.63) is 11.6 Å². The van der Waals surface area contributed by atoms with Gasteiger partial charge in [-0.15, -0.1) is 0 Å². The van der Waals surface area contributed by atoms with E-state index in [0.717, 1.165) is 44.9 Å². The zero-order valence-electron chi connectivity index (χ0n) is 18.4. The SMILES string of the molecule is C[C@]12CC[C@H]3[C@@H](CCC4=CC(=O)CC[C@@H]43)[C@@H]1CC[C@@H]2O[C@@H]1O[C@@H](C(=O)O)[C@@H](O)[C@H](O)[C@@H]1O. The number of ether oxygens (including phenoxy) is 2. The summed E-state index contributed by atoms with van der Waals surface area (Å²) in [5, 5.41) is 39.8. The van der Waals surface area contributed by atoms with Crippen LogP contribution in [-0.4, -0.2) is 69.0 Å². The van der Waals surface area contributed by atoms with E-state index >= 15 is 0 Å². The Morgan fingerprint density at radius 1 is 1.03 bits per heavy atom. The minimum absolute atomic E-state index is 0.115. The molecular formula is C24H34O8. The van der Waals surface area contributed by atoms with E-state index in [9.17, 15) is 30.0 Å². The van der Waals surface area contributed by atoms with Crippen molar-refractivity contribution in [2.24, 2.45) is 29.1 Å². The molecule has 178 valence electrons. The van der Waals surface area contributed by atoms with Crippen LogP contribution in [0.5, 0.6) is 0 Å². The molecule has 0 aromatic heterocycles. The van der Waals surface area contributed by atoms with Gasteiger partial charge in [-0.25, -0.2) is 4.79 Å². The molecule has 0 aromatic carbocycles. The topological polar surface area (TPSA) is 134 Å². The van der Waals surface area contributed by atoms with Crippen molar-refractivity contribution in [3.63, 3.8) is 0 Å². The predicted octanol–water partition coefficient (Wildman–Crippen LogP) is 1.41. The van der Waals surface area contributed by atoms with Gasteiger partial charge in [0.2, 0.25) is 0 Å². The van der Waals surface area contributed by atoms with Crippen molar-refractivity contribution < 1.29 is 39.5 Å². The van der Waals surface area contributed by atoms with Crippen molar-refractivity contribution in [1.82, 2.24) is 0 Å². The lowest BCUT2D eigenvalue weighted by Gasteiger charge is -2.54. The minimum Gasteiger partial charge on any atom is -0.479 e. The molecule has 1 heterocycles. The molecule has 4 aliphatic carbocycles. The van der Waals surface area contributed by atoms with Crippen LogP contribution in [0.25, 0.3) is 0 Å². The molecule has 4 N–H and O–H groups in total. The van der Waals surface area contributed by atoms with Crippen LogP contribution in [-0.2, 0) is 19.1 Å². The summed E-state index contributed by atoms with van der Waals surface area (Å²) in [6.45, 7) is 2.23. The normalized spacial score (nSPS) is 50.8. The first-order valence-electron chi connectivity index (χ1n) is 12.0. The molecule has 0 unspecified atom stereocenters. The van der Waals surface area contributed by atoms with Crippen molar-refractivity contribution in [3.8, 4) is 0 Å². The van der Waals surface area contributed by atoms with Gasteiger partial charge in [-0.1, -0.05) is 12.5 Å². The lowest BCUT2D eigenvalue weighted by molar-refractivity contribution is -0.312. The monoisotopic (exact) mass is 450 g/mol. The third-order valence-corrected chi connectivity index (χ3v) is 9.32. The van der Waals surface area contributed by atoms with Crippen LogP contribution in [0, 0.1) is 29.1 Å². The Bertz CT molecular complexity index is 810. The number of allylic oxidation sites excluding steroid dienone is 1. The second kappa shape index (κ2) is 8.17. The number of carboxylic acid groups (broad SMARTS) is 1. The van der Waals surface area contributed by atoms with Gasteiger partial charge in [0.15, 0.2) is 18.2 Å². The van der Waals surface area contributed by atoms with Crippen LogP contribution in [0.1, 0.15) is 58.3 Å². The molecule has 0 aromatic rings. The van der Waals surface area contributed by atoms with E-state index in [2.05, 4.69) is 6.92 Å². The molecule has 1 aliphatic heterocycles. The minimum atomic E-state index is -1.71. The molecule has 5 aliphatic rings. The van der Waals surface area contributed by atoms with E-state index in [1.807, 2.05) is 6.08 Å². The van der Waals surface area contributed by atoms with Gasteiger partial charge in [0, 0.05) is 6.42 Å². The lowest BCUT2D eigenvalue weighted by Crippen LogP contribution is -2.61. The van der Waals surface area contributed by atoms with Gasteiger partial charge in [0.05, 0.1) is 6.10 Å². The molecule has 8 heteroatoms. The summed E-state index contributed by atoms with van der Waals surface area (Å²) in [6.07, 6.45) is 1.41. The third-order valence-electron chi connectivity index (χ3n) is 9.32. The first-order valence-corrected chi connectivity index (χ1v) is 12.0. The molecule has 4 fully saturated rings. The second-order valence-electron chi connectivity index (χ2n) is 10.8. The summed E-state index contributed by atoms with van der Waals surface area (Å²) in [5.41, 5.74) is 1.23. The Morgan fingerprint density at radius 2 is 1.81 bits per heavy atom. The van der Waals surface area contributed by atoms with Crippen LogP contribution < -0.4 is 0 Å². The average molecular weight is 451 g/mol. The summed E-state index contributed by atoms with van der Waals surface area (Å²) in [4.78, 5) is 23.3. The summed E-state index contributed by atoms with van der Waals surface area (Å²) in [6, 6.07) is 0. The summed E-state index contributed by atoms with van der Waals surface area (Å²) < 4.78 is 11.6. The molecule has 0 radical (unpaired) electrons. The standard InChI is InChI=1S/C24H34O8/c1-24-9-8-14-13-5-3-12(25)10-11(13)2-4-15(14)16(24)6-7-17(24)31-23-20(28)18(26)19(27)21(32-23)22(29)30/h10,13-21,23,26-28H,2-9H2,1H3,(H,29,30)/t13-,14+,15+,16-,17-,18-,19-,20-,21+,23+,24-/m0/s1. The molecule has 32 heavy (non-hydrogen) atoms. The van der Waals surface area contributed by atoms with Gasteiger partial charge in [-0.3, -0.25) is 4.79 Å². The highest BCUT2D eigenvalue weighted by Gasteiger charge is 2.58. The molecule has 5 rings (SSSR count). The number of fused-ring (bicyclic) bond motifs is 5. The predicted molar refractivity (Wildman–Crippen MR) is 111 cm³/mol. The number of carboxylic acids is 1. The van der Waals surface area contributed by atoms with Crippen molar-refractivity contribution >= 4 is 11.8 Å². The molecule has 0 spiro atoms. The van der Waals surface area contributed by atoms with Crippen LogP contribution in [0.15, 0.2) is 11.6 Å². The highest BCUT2D eigenvalue weighted by atomic mass is 16.7. The zero-order valence-corrected chi connectivity index (χ0v) is 18.4. The Kier molecular flexibility index (Phi) is 5.73. The van der Waals surface area contributed by atoms with E-state index < -0.39 is 36.7 Å². The maximum Gasteiger partial charge on any atom is 0.335 e. The fourth-order valence-corrected chi connectivity index (χ4v) is 7.68. The van der Waals surface area contributed by atoms with E-state index in [0.29, 0.717) is 30.1 Å². The Balaban J connectivity index is 1.31. The second-order valence-corrected chi connectivity index (χ2v) is 10.8. The fourth-order valence-electron chi connectivity index (χ4n) is 7.68. The van der Waals surface area contributed by atoms with E-state index in [1.165, 1.54) is 5.57 Å². The Morgan fingerprint density at radius 3 is 2.56 bits per heavy atom. The first kappa shape index (κ1) is 22.5. The molecular weight excluding hydrogens is 416 g/mol. The van der Waals surface area contributed by atoms with E-state index in [1.54, 1.807) is 0 Å². The van der Waals surface area contributed by atoms with Crippen LogP contribution >= 0.6 is 0 Å². The number of aliphatic hydroxyl groups excluding tert-OH is 3. The number of aliphatic carboxylic acids is 1. The van der Waals surface area contributed by atoms with Gasteiger partial charge < -0.3 is 29.9 Å². The van der Waals surface area contributed by atoms with Crippen LogP contribution in [0.2, 0.25) is 0 Å². The number of carbonyl (C=O) groups excluding carboxylic acids is 1. The van der Waals surface area contributed by atoms with Crippen molar-refractivity contribution in [2.75, 3.05) is 0 Å². The molecule has 0 amide bonds. The zero-order chi connectivity index (χ0) is 22.8. The summed E-state index contributed by atoms with van der Waals surface area (Å²) in [7, 11) is 0. The van der Waals surface area contributed by atoms with Crippen molar-refractivity contribution in [2.45, 2.75) is 95.1 Å². The molecule has 11 atom stereocenters. The smallest absolute Gasteiger partial charge is 0.335 e. The molecule has 3 saturated carbocycles. The van der Waals surface area contributed by atoms with E-state index in [-0.39, 0.29) is 17.3 Å². The number of aliphatic hydroxyl groups is 3. The van der Waals surface area contributed by atoms with E-state index in [4.69, 9.17) is 9.47 Å². The summed E-state index contributed by atoms with van der Waals surface area (Å²) >= 11 is 0. The Hall–Kier alpha value is -1.32. The van der Waals surface area contributed by atoms with Gasteiger partial charge >= 0.3 is 5.97 Å². The average Bonchev–Trinajstić information content (AvgIpc) is 3.09. The summed E-state index contributed by atoms with van der Waals surface area (Å²) in [5.74, 6) is 1.04. The number of rotatable bonds is 3. The highest BCUT2D eigenvalue weighted by Crippen LogP contribution is 2.62. The largest absolute Gasteiger partial charge is 0.479 e. The van der Waals surface area contributed by atoms with Crippen LogP contribution in [0.4, 0.5) is 0 Å².